The van der Waals surface area contributed by atoms with Gasteiger partial charge in [0, 0.05) is 22.9 Å². The SMILES string of the molecule is CCC(=O)C(c1cc(Cl)cc(C(C)C)c1OC)C(C)C. The van der Waals surface area contributed by atoms with Crippen LogP contribution in [0.1, 0.15) is 64.0 Å². The van der Waals surface area contributed by atoms with Gasteiger partial charge in [0.1, 0.15) is 11.5 Å². The molecule has 112 valence electrons. The van der Waals surface area contributed by atoms with E-state index in [1.807, 2.05) is 19.1 Å². The quantitative estimate of drug-likeness (QED) is 0.722. The molecule has 0 fully saturated rings. The number of benzene rings is 1. The smallest absolute Gasteiger partial charge is 0.140 e. The summed E-state index contributed by atoms with van der Waals surface area (Å²) in [6, 6.07) is 3.81. The van der Waals surface area contributed by atoms with E-state index in [0.29, 0.717) is 17.4 Å². The minimum Gasteiger partial charge on any atom is -0.496 e. The number of Topliss-reactive ketones (excluding diaryl/α,β-unsaturated/α-hetero) is 1. The van der Waals surface area contributed by atoms with Crippen LogP contribution in [0.25, 0.3) is 0 Å². The summed E-state index contributed by atoms with van der Waals surface area (Å²) in [5.41, 5.74) is 1.98. The highest BCUT2D eigenvalue weighted by atomic mass is 35.5. The number of ether oxygens (including phenoxy) is 1. The first-order chi connectivity index (χ1) is 9.33. The Kier molecular flexibility index (Phi) is 6.07. The molecule has 0 amide bonds. The van der Waals surface area contributed by atoms with Crippen molar-refractivity contribution in [2.24, 2.45) is 5.92 Å². The Hall–Kier alpha value is -1.02. The second kappa shape index (κ2) is 7.12. The highest BCUT2D eigenvalue weighted by Gasteiger charge is 2.28. The summed E-state index contributed by atoms with van der Waals surface area (Å²) in [5, 5.41) is 0.666. The van der Waals surface area contributed by atoms with E-state index >= 15 is 0 Å². The normalized spacial score (nSPS) is 12.8. The molecule has 1 atom stereocenters. The lowest BCUT2D eigenvalue weighted by Crippen LogP contribution is -2.19. The fraction of sp³-hybridized carbons (Fsp3) is 0.588. The van der Waals surface area contributed by atoms with Gasteiger partial charge in [-0.1, -0.05) is 46.2 Å². The number of rotatable bonds is 6. The van der Waals surface area contributed by atoms with E-state index in [0.717, 1.165) is 16.9 Å². The molecule has 20 heavy (non-hydrogen) atoms. The van der Waals surface area contributed by atoms with Crippen molar-refractivity contribution in [1.29, 1.82) is 0 Å². The zero-order valence-electron chi connectivity index (χ0n) is 13.3. The maximum atomic E-state index is 12.3. The standard InChI is InChI=1S/C17H25ClO2/c1-7-15(19)16(11(4)5)14-9-12(18)8-13(10(2)3)17(14)20-6/h8-11,16H,7H2,1-6H3. The van der Waals surface area contributed by atoms with Crippen molar-refractivity contribution in [3.8, 4) is 5.75 Å². The predicted octanol–water partition coefficient (Wildman–Crippen LogP) is 5.19. The number of halogens is 1. The third-order valence-electron chi connectivity index (χ3n) is 3.63. The van der Waals surface area contributed by atoms with Crippen molar-refractivity contribution in [3.63, 3.8) is 0 Å². The zero-order valence-corrected chi connectivity index (χ0v) is 14.0. The van der Waals surface area contributed by atoms with Crippen LogP contribution in [0.15, 0.2) is 12.1 Å². The van der Waals surface area contributed by atoms with E-state index in [-0.39, 0.29) is 17.6 Å². The molecule has 0 N–H and O–H groups in total. The number of carbonyl (C=O) groups is 1. The maximum absolute atomic E-state index is 12.3. The van der Waals surface area contributed by atoms with Crippen LogP contribution in [0.4, 0.5) is 0 Å². The van der Waals surface area contributed by atoms with Crippen LogP contribution >= 0.6 is 11.6 Å². The van der Waals surface area contributed by atoms with Gasteiger partial charge >= 0.3 is 0 Å². The first-order valence-electron chi connectivity index (χ1n) is 7.23. The molecule has 2 nitrogen and oxygen atoms in total. The Labute approximate surface area is 127 Å². The Morgan fingerprint density at radius 2 is 1.75 bits per heavy atom. The van der Waals surface area contributed by atoms with Gasteiger partial charge in [0.05, 0.1) is 7.11 Å². The topological polar surface area (TPSA) is 26.3 Å². The van der Waals surface area contributed by atoms with E-state index in [1.165, 1.54) is 0 Å². The van der Waals surface area contributed by atoms with Crippen molar-refractivity contribution in [3.05, 3.63) is 28.3 Å². The number of hydrogen-bond acceptors (Lipinski definition) is 2. The summed E-state index contributed by atoms with van der Waals surface area (Å²) in [7, 11) is 1.66. The molecule has 1 aromatic carbocycles. The molecule has 1 unspecified atom stereocenters. The molecule has 0 radical (unpaired) electrons. The fourth-order valence-electron chi connectivity index (χ4n) is 2.66. The summed E-state index contributed by atoms with van der Waals surface area (Å²) in [4.78, 5) is 12.3. The van der Waals surface area contributed by atoms with Crippen molar-refractivity contribution >= 4 is 17.4 Å². The molecular formula is C17H25ClO2. The Bertz CT molecular complexity index is 478. The van der Waals surface area contributed by atoms with Crippen LogP contribution < -0.4 is 4.74 Å². The van der Waals surface area contributed by atoms with Gasteiger partial charge in [0.15, 0.2) is 0 Å². The van der Waals surface area contributed by atoms with Gasteiger partial charge in [-0.3, -0.25) is 4.79 Å². The first kappa shape index (κ1) is 17.0. The molecule has 1 rings (SSSR count). The maximum Gasteiger partial charge on any atom is 0.140 e. The van der Waals surface area contributed by atoms with Crippen LogP contribution in [-0.2, 0) is 4.79 Å². The minimum atomic E-state index is -0.161. The van der Waals surface area contributed by atoms with Gasteiger partial charge in [-0.2, -0.15) is 0 Å². The van der Waals surface area contributed by atoms with Crippen molar-refractivity contribution in [2.75, 3.05) is 7.11 Å². The molecule has 0 aromatic heterocycles. The van der Waals surface area contributed by atoms with Crippen LogP contribution in [0.3, 0.4) is 0 Å². The van der Waals surface area contributed by atoms with Crippen LogP contribution in [0.5, 0.6) is 5.75 Å². The molecule has 0 saturated carbocycles. The lowest BCUT2D eigenvalue weighted by molar-refractivity contribution is -0.121. The lowest BCUT2D eigenvalue weighted by Gasteiger charge is -2.25. The molecule has 0 bridgehead atoms. The number of hydrogen-bond donors (Lipinski definition) is 0. The third-order valence-corrected chi connectivity index (χ3v) is 3.85. The summed E-state index contributed by atoms with van der Waals surface area (Å²) >= 11 is 6.25. The predicted molar refractivity (Wildman–Crippen MR) is 85.0 cm³/mol. The molecule has 1 aromatic rings. The van der Waals surface area contributed by atoms with Crippen molar-refractivity contribution in [2.45, 2.75) is 52.9 Å². The van der Waals surface area contributed by atoms with E-state index in [1.54, 1.807) is 7.11 Å². The Morgan fingerprint density at radius 1 is 1.20 bits per heavy atom. The average Bonchev–Trinajstić information content (AvgIpc) is 2.37. The highest BCUT2D eigenvalue weighted by molar-refractivity contribution is 6.30. The van der Waals surface area contributed by atoms with E-state index in [4.69, 9.17) is 16.3 Å². The summed E-state index contributed by atoms with van der Waals surface area (Å²) in [5.74, 6) is 1.40. The Morgan fingerprint density at radius 3 is 2.15 bits per heavy atom. The van der Waals surface area contributed by atoms with Crippen LogP contribution in [0.2, 0.25) is 5.02 Å². The molecule has 0 aliphatic heterocycles. The molecule has 0 aliphatic carbocycles. The minimum absolute atomic E-state index is 0.161. The summed E-state index contributed by atoms with van der Waals surface area (Å²) in [6.45, 7) is 10.2. The number of ketones is 1. The summed E-state index contributed by atoms with van der Waals surface area (Å²) in [6.07, 6.45) is 0.523. The third kappa shape index (κ3) is 3.54. The highest BCUT2D eigenvalue weighted by Crippen LogP contribution is 2.40. The van der Waals surface area contributed by atoms with Gasteiger partial charge < -0.3 is 4.74 Å². The fourth-order valence-corrected chi connectivity index (χ4v) is 2.89. The van der Waals surface area contributed by atoms with Gasteiger partial charge in [-0.05, 0) is 29.5 Å². The molecule has 3 heteroatoms. The second-order valence-corrected chi connectivity index (χ2v) is 6.25. The average molecular weight is 297 g/mol. The second-order valence-electron chi connectivity index (χ2n) is 5.81. The van der Waals surface area contributed by atoms with Crippen LogP contribution in [-0.4, -0.2) is 12.9 Å². The molecule has 0 aliphatic rings. The van der Waals surface area contributed by atoms with Gasteiger partial charge in [-0.15, -0.1) is 0 Å². The Balaban J connectivity index is 3.51. The lowest BCUT2D eigenvalue weighted by atomic mass is 9.82. The molecule has 0 spiro atoms. The van der Waals surface area contributed by atoms with E-state index < -0.39 is 0 Å². The van der Waals surface area contributed by atoms with Gasteiger partial charge in [0.2, 0.25) is 0 Å². The number of methoxy groups -OCH3 is 1. The molecule has 0 heterocycles. The molecular weight excluding hydrogens is 272 g/mol. The monoisotopic (exact) mass is 296 g/mol. The first-order valence-corrected chi connectivity index (χ1v) is 7.61. The van der Waals surface area contributed by atoms with Gasteiger partial charge in [-0.25, -0.2) is 0 Å². The molecule has 0 saturated heterocycles. The zero-order chi connectivity index (χ0) is 15.4. The largest absolute Gasteiger partial charge is 0.496 e. The summed E-state index contributed by atoms with van der Waals surface area (Å²) < 4.78 is 5.61. The van der Waals surface area contributed by atoms with Crippen molar-refractivity contribution in [1.82, 2.24) is 0 Å². The van der Waals surface area contributed by atoms with Crippen molar-refractivity contribution < 1.29 is 9.53 Å². The van der Waals surface area contributed by atoms with Crippen LogP contribution in [0, 0.1) is 5.92 Å². The van der Waals surface area contributed by atoms with Gasteiger partial charge in [0.25, 0.3) is 0 Å². The number of carbonyl (C=O) groups excluding carboxylic acids is 1. The van der Waals surface area contributed by atoms with E-state index in [9.17, 15) is 4.79 Å². The van der Waals surface area contributed by atoms with E-state index in [2.05, 4.69) is 27.7 Å².